The van der Waals surface area contributed by atoms with Gasteiger partial charge in [-0.1, -0.05) is 18.6 Å². The van der Waals surface area contributed by atoms with Crippen LogP contribution < -0.4 is 0 Å². The van der Waals surface area contributed by atoms with Gasteiger partial charge in [-0.15, -0.1) is 0 Å². The van der Waals surface area contributed by atoms with Crippen molar-refractivity contribution in [3.05, 3.63) is 11.6 Å². The molecule has 0 saturated heterocycles. The Morgan fingerprint density at radius 3 is 2.90 bits per heavy atom. The van der Waals surface area contributed by atoms with Gasteiger partial charge in [-0.05, 0) is 67.6 Å². The molecule has 1 N–H and O–H groups in total. The molecule has 0 aromatic heterocycles. The van der Waals surface area contributed by atoms with E-state index in [0.717, 1.165) is 43.9 Å². The molecule has 3 saturated carbocycles. The van der Waals surface area contributed by atoms with Crippen LogP contribution in [0.3, 0.4) is 0 Å². The van der Waals surface area contributed by atoms with Crippen LogP contribution in [-0.4, -0.2) is 17.0 Å². The van der Waals surface area contributed by atoms with E-state index in [1.165, 1.54) is 24.8 Å². The molecule has 20 heavy (non-hydrogen) atoms. The molecule has 2 heteroatoms. The monoisotopic (exact) mass is 274 g/mol. The predicted molar refractivity (Wildman–Crippen MR) is 78.1 cm³/mol. The molecule has 0 aromatic rings. The number of aliphatic hydroxyl groups is 1. The van der Waals surface area contributed by atoms with E-state index in [2.05, 4.69) is 13.0 Å². The molecule has 0 aliphatic heterocycles. The van der Waals surface area contributed by atoms with E-state index in [9.17, 15) is 9.90 Å². The highest BCUT2D eigenvalue weighted by atomic mass is 16.3. The van der Waals surface area contributed by atoms with Crippen LogP contribution in [-0.2, 0) is 4.79 Å². The van der Waals surface area contributed by atoms with Crippen molar-refractivity contribution >= 4 is 5.78 Å². The Kier molecular flexibility index (Phi) is 2.89. The maximum absolute atomic E-state index is 11.7. The Labute approximate surface area is 121 Å². The minimum atomic E-state index is -0.0771. The summed E-state index contributed by atoms with van der Waals surface area (Å²) in [6.45, 7) is 2.33. The Morgan fingerprint density at radius 2 is 2.05 bits per heavy atom. The number of carbonyl (C=O) groups excluding carboxylic acids is 1. The van der Waals surface area contributed by atoms with Crippen molar-refractivity contribution < 1.29 is 9.90 Å². The smallest absolute Gasteiger partial charge is 0.136 e. The number of aliphatic hydroxyl groups excluding tert-OH is 1. The molecule has 0 bridgehead atoms. The fraction of sp³-hybridized carbons (Fsp3) is 0.833. The van der Waals surface area contributed by atoms with Gasteiger partial charge in [0.2, 0.25) is 0 Å². The van der Waals surface area contributed by atoms with Gasteiger partial charge in [-0.2, -0.15) is 0 Å². The SMILES string of the molecule is C[C@]12CC[C@H]3[C@@H](CC=C4CC(=O)CC[C@@H]43)[C@@H]1CC[C@@H]2O. The molecule has 0 amide bonds. The Balaban J connectivity index is 1.63. The average Bonchev–Trinajstić information content (AvgIpc) is 2.74. The van der Waals surface area contributed by atoms with Gasteiger partial charge in [0, 0.05) is 12.8 Å². The normalized spacial score (nSPS) is 51.0. The van der Waals surface area contributed by atoms with Gasteiger partial charge in [0.05, 0.1) is 6.10 Å². The van der Waals surface area contributed by atoms with Gasteiger partial charge >= 0.3 is 0 Å². The molecule has 4 aliphatic carbocycles. The maximum Gasteiger partial charge on any atom is 0.136 e. The van der Waals surface area contributed by atoms with Crippen molar-refractivity contribution in [1.82, 2.24) is 0 Å². The standard InChI is InChI=1S/C18H26O2/c1-18-9-8-14-13-5-3-12(19)10-11(13)2-4-15(14)16(18)6-7-17(18)20/h2,13-17,20H,3-10H2,1H3/t13-,14+,15+,16-,17-,18-/m0/s1. The summed E-state index contributed by atoms with van der Waals surface area (Å²) < 4.78 is 0. The highest BCUT2D eigenvalue weighted by Crippen LogP contribution is 2.61. The third kappa shape index (κ3) is 1.70. The summed E-state index contributed by atoms with van der Waals surface area (Å²) >= 11 is 0. The van der Waals surface area contributed by atoms with E-state index >= 15 is 0 Å². The molecule has 0 spiro atoms. The van der Waals surface area contributed by atoms with Crippen LogP contribution >= 0.6 is 0 Å². The zero-order valence-electron chi connectivity index (χ0n) is 12.5. The van der Waals surface area contributed by atoms with Gasteiger partial charge in [0.25, 0.3) is 0 Å². The van der Waals surface area contributed by atoms with Crippen molar-refractivity contribution in [2.24, 2.45) is 29.1 Å². The lowest BCUT2D eigenvalue weighted by atomic mass is 9.53. The van der Waals surface area contributed by atoms with Gasteiger partial charge in [0.15, 0.2) is 0 Å². The fourth-order valence-corrected chi connectivity index (χ4v) is 6.08. The lowest BCUT2D eigenvalue weighted by Gasteiger charge is -2.52. The lowest BCUT2D eigenvalue weighted by molar-refractivity contribution is -0.120. The zero-order chi connectivity index (χ0) is 13.9. The highest BCUT2D eigenvalue weighted by molar-refractivity contribution is 5.82. The Bertz CT molecular complexity index is 466. The van der Waals surface area contributed by atoms with Crippen molar-refractivity contribution in [2.45, 2.75) is 64.4 Å². The molecule has 4 aliphatic rings. The summed E-state index contributed by atoms with van der Waals surface area (Å²) in [6, 6.07) is 0. The summed E-state index contributed by atoms with van der Waals surface area (Å²) in [5.41, 5.74) is 1.64. The summed E-state index contributed by atoms with van der Waals surface area (Å²) in [5, 5.41) is 10.4. The summed E-state index contributed by atoms with van der Waals surface area (Å²) in [6.07, 6.45) is 10.8. The summed E-state index contributed by atoms with van der Waals surface area (Å²) in [7, 11) is 0. The second-order valence-electron chi connectivity index (χ2n) is 7.95. The first-order chi connectivity index (χ1) is 9.59. The average molecular weight is 274 g/mol. The van der Waals surface area contributed by atoms with Gasteiger partial charge in [-0.25, -0.2) is 0 Å². The second kappa shape index (κ2) is 4.43. The number of hydrogen-bond donors (Lipinski definition) is 1. The quantitative estimate of drug-likeness (QED) is 0.687. The third-order valence-electron chi connectivity index (χ3n) is 7.22. The molecular weight excluding hydrogens is 248 g/mol. The van der Waals surface area contributed by atoms with Crippen LogP contribution in [0.25, 0.3) is 0 Å². The molecular formula is C18H26O2. The minimum Gasteiger partial charge on any atom is -0.393 e. The van der Waals surface area contributed by atoms with E-state index in [4.69, 9.17) is 0 Å². The first-order valence-corrected chi connectivity index (χ1v) is 8.48. The molecule has 3 fully saturated rings. The van der Waals surface area contributed by atoms with Crippen LogP contribution in [0, 0.1) is 29.1 Å². The summed E-state index contributed by atoms with van der Waals surface area (Å²) in [4.78, 5) is 11.7. The molecule has 2 nitrogen and oxygen atoms in total. The molecule has 110 valence electrons. The number of hydrogen-bond acceptors (Lipinski definition) is 2. The van der Waals surface area contributed by atoms with Crippen molar-refractivity contribution in [1.29, 1.82) is 0 Å². The molecule has 0 unspecified atom stereocenters. The van der Waals surface area contributed by atoms with E-state index in [-0.39, 0.29) is 11.5 Å². The topological polar surface area (TPSA) is 37.3 Å². The zero-order valence-corrected chi connectivity index (χ0v) is 12.5. The second-order valence-corrected chi connectivity index (χ2v) is 7.95. The van der Waals surface area contributed by atoms with E-state index in [1.54, 1.807) is 0 Å². The Morgan fingerprint density at radius 1 is 1.20 bits per heavy atom. The van der Waals surface area contributed by atoms with Crippen LogP contribution in [0.4, 0.5) is 0 Å². The highest BCUT2D eigenvalue weighted by Gasteiger charge is 2.55. The fourth-order valence-electron chi connectivity index (χ4n) is 6.08. The van der Waals surface area contributed by atoms with Crippen LogP contribution in [0.5, 0.6) is 0 Å². The van der Waals surface area contributed by atoms with Crippen LogP contribution in [0.2, 0.25) is 0 Å². The first kappa shape index (κ1) is 13.1. The van der Waals surface area contributed by atoms with Gasteiger partial charge in [-0.3, -0.25) is 4.79 Å². The van der Waals surface area contributed by atoms with Crippen LogP contribution in [0.15, 0.2) is 11.6 Å². The molecule has 0 aromatic carbocycles. The maximum atomic E-state index is 11.7. The van der Waals surface area contributed by atoms with Gasteiger partial charge in [0.1, 0.15) is 5.78 Å². The Hall–Kier alpha value is -0.630. The minimum absolute atomic E-state index is 0.0771. The molecule has 6 atom stereocenters. The first-order valence-electron chi connectivity index (χ1n) is 8.48. The number of carbonyl (C=O) groups is 1. The van der Waals surface area contributed by atoms with E-state index in [1.807, 2.05) is 0 Å². The number of allylic oxidation sites excluding steroid dienone is 2. The van der Waals surface area contributed by atoms with Crippen molar-refractivity contribution in [2.75, 3.05) is 0 Å². The molecule has 4 rings (SSSR count). The largest absolute Gasteiger partial charge is 0.393 e. The third-order valence-corrected chi connectivity index (χ3v) is 7.22. The number of rotatable bonds is 0. The van der Waals surface area contributed by atoms with Crippen LogP contribution in [0.1, 0.15) is 58.3 Å². The van der Waals surface area contributed by atoms with E-state index in [0.29, 0.717) is 17.6 Å². The van der Waals surface area contributed by atoms with Gasteiger partial charge < -0.3 is 5.11 Å². The molecule has 0 radical (unpaired) electrons. The van der Waals surface area contributed by atoms with Crippen molar-refractivity contribution in [3.63, 3.8) is 0 Å². The van der Waals surface area contributed by atoms with E-state index < -0.39 is 0 Å². The number of Topliss-reactive ketones (excluding diaryl/α,β-unsaturated/α-hetero) is 1. The predicted octanol–water partition coefficient (Wildman–Crippen LogP) is 3.49. The lowest BCUT2D eigenvalue weighted by Crippen LogP contribution is -2.47. The van der Waals surface area contributed by atoms with Crippen molar-refractivity contribution in [3.8, 4) is 0 Å². The molecule has 0 heterocycles. The number of ketones is 1. The summed E-state index contributed by atoms with van der Waals surface area (Å²) in [5.74, 6) is 3.42. The number of fused-ring (bicyclic) bond motifs is 5.